The molecule has 0 bridgehead atoms. The van der Waals surface area contributed by atoms with Crippen LogP contribution in [0.4, 0.5) is 5.82 Å². The molecule has 110 valence electrons. The Labute approximate surface area is 120 Å². The van der Waals surface area contributed by atoms with Gasteiger partial charge in [0.25, 0.3) is 5.91 Å². The van der Waals surface area contributed by atoms with Crippen LogP contribution in [0.1, 0.15) is 30.1 Å². The van der Waals surface area contributed by atoms with E-state index in [9.17, 15) is 4.79 Å². The zero-order chi connectivity index (χ0) is 14.4. The van der Waals surface area contributed by atoms with Crippen LogP contribution in [-0.2, 0) is 4.74 Å². The molecule has 1 aliphatic rings. The molecular formula is C15H23N3O2. The molecule has 0 aromatic carbocycles. The third-order valence-electron chi connectivity index (χ3n) is 3.60. The molecule has 5 nitrogen and oxygen atoms in total. The van der Waals surface area contributed by atoms with Gasteiger partial charge in [-0.1, -0.05) is 0 Å². The molecule has 0 atom stereocenters. The van der Waals surface area contributed by atoms with Crippen LogP contribution in [-0.4, -0.2) is 49.1 Å². The Morgan fingerprint density at radius 1 is 1.50 bits per heavy atom. The number of nitrogens with one attached hydrogen (secondary N) is 1. The van der Waals surface area contributed by atoms with Crippen LogP contribution in [0.15, 0.2) is 18.3 Å². The number of ether oxygens (including phenoxy) is 1. The zero-order valence-corrected chi connectivity index (χ0v) is 12.3. The minimum Gasteiger partial charge on any atom is -0.381 e. The summed E-state index contributed by atoms with van der Waals surface area (Å²) in [5.74, 6) is 1.23. The van der Waals surface area contributed by atoms with Crippen LogP contribution in [0.2, 0.25) is 0 Å². The third-order valence-corrected chi connectivity index (χ3v) is 3.60. The number of carbonyl (C=O) groups is 1. The van der Waals surface area contributed by atoms with E-state index in [1.807, 2.05) is 20.0 Å². The van der Waals surface area contributed by atoms with Crippen molar-refractivity contribution >= 4 is 11.7 Å². The molecule has 1 fully saturated rings. The minimum atomic E-state index is 0.0283. The first-order valence-corrected chi connectivity index (χ1v) is 7.24. The van der Waals surface area contributed by atoms with Crippen molar-refractivity contribution in [1.29, 1.82) is 0 Å². The first-order chi connectivity index (χ1) is 9.72. The highest BCUT2D eigenvalue weighted by Gasteiger charge is 2.21. The summed E-state index contributed by atoms with van der Waals surface area (Å²) >= 11 is 0. The van der Waals surface area contributed by atoms with E-state index >= 15 is 0 Å². The summed E-state index contributed by atoms with van der Waals surface area (Å²) in [6, 6.07) is 3.63. The molecular weight excluding hydrogens is 254 g/mol. The summed E-state index contributed by atoms with van der Waals surface area (Å²) in [5.41, 5.74) is 0.643. The van der Waals surface area contributed by atoms with Crippen LogP contribution < -0.4 is 5.32 Å². The molecule has 0 spiro atoms. The van der Waals surface area contributed by atoms with E-state index in [0.29, 0.717) is 17.3 Å². The van der Waals surface area contributed by atoms with Crippen molar-refractivity contribution in [3.63, 3.8) is 0 Å². The Balaban J connectivity index is 2.02. The van der Waals surface area contributed by atoms with Crippen LogP contribution >= 0.6 is 0 Å². The van der Waals surface area contributed by atoms with E-state index in [1.54, 1.807) is 17.2 Å². The van der Waals surface area contributed by atoms with E-state index in [1.165, 1.54) is 0 Å². The first-order valence-electron chi connectivity index (χ1n) is 7.24. The topological polar surface area (TPSA) is 54.5 Å². The molecule has 20 heavy (non-hydrogen) atoms. The number of amides is 1. The number of anilines is 1. The van der Waals surface area contributed by atoms with Gasteiger partial charge < -0.3 is 15.0 Å². The second-order valence-corrected chi connectivity index (χ2v) is 5.17. The first kappa shape index (κ1) is 14.8. The Kier molecular flexibility index (Phi) is 5.35. The quantitative estimate of drug-likeness (QED) is 0.894. The van der Waals surface area contributed by atoms with Crippen molar-refractivity contribution in [3.05, 3.63) is 23.9 Å². The summed E-state index contributed by atoms with van der Waals surface area (Å²) in [4.78, 5) is 18.6. The Hall–Kier alpha value is -1.62. The second-order valence-electron chi connectivity index (χ2n) is 5.17. The zero-order valence-electron chi connectivity index (χ0n) is 12.3. The van der Waals surface area contributed by atoms with Crippen LogP contribution in [0.5, 0.6) is 0 Å². The Bertz CT molecular complexity index is 444. The monoisotopic (exact) mass is 277 g/mol. The summed E-state index contributed by atoms with van der Waals surface area (Å²) < 4.78 is 5.35. The third kappa shape index (κ3) is 3.70. The lowest BCUT2D eigenvalue weighted by molar-refractivity contribution is 0.0497. The Morgan fingerprint density at radius 2 is 2.25 bits per heavy atom. The predicted molar refractivity (Wildman–Crippen MR) is 78.9 cm³/mol. The van der Waals surface area contributed by atoms with Crippen LogP contribution in [0.25, 0.3) is 0 Å². The fourth-order valence-electron chi connectivity index (χ4n) is 2.49. The summed E-state index contributed by atoms with van der Waals surface area (Å²) in [5, 5.41) is 3.14. The molecule has 0 saturated carbocycles. The highest BCUT2D eigenvalue weighted by molar-refractivity contribution is 5.98. The number of rotatable bonds is 5. The minimum absolute atomic E-state index is 0.0283. The van der Waals surface area contributed by atoms with Gasteiger partial charge in [-0.25, -0.2) is 4.98 Å². The average molecular weight is 277 g/mol. The van der Waals surface area contributed by atoms with Gasteiger partial charge in [-0.2, -0.15) is 0 Å². The van der Waals surface area contributed by atoms with Gasteiger partial charge >= 0.3 is 0 Å². The molecule has 1 saturated heterocycles. The highest BCUT2D eigenvalue weighted by Crippen LogP contribution is 2.18. The number of carbonyl (C=O) groups excluding carboxylic acids is 1. The lowest BCUT2D eigenvalue weighted by atomic mass is 9.99. The second kappa shape index (κ2) is 7.24. The molecule has 0 radical (unpaired) electrons. The van der Waals surface area contributed by atoms with E-state index < -0.39 is 0 Å². The lowest BCUT2D eigenvalue weighted by Gasteiger charge is -2.27. The van der Waals surface area contributed by atoms with Crippen molar-refractivity contribution < 1.29 is 9.53 Å². The smallest absolute Gasteiger partial charge is 0.257 e. The fraction of sp³-hybridized carbons (Fsp3) is 0.600. The molecule has 5 heteroatoms. The van der Waals surface area contributed by atoms with Gasteiger partial charge in [0, 0.05) is 39.5 Å². The van der Waals surface area contributed by atoms with Crippen LogP contribution in [0, 0.1) is 5.92 Å². The molecule has 1 aromatic rings. The van der Waals surface area contributed by atoms with Gasteiger partial charge in [0.1, 0.15) is 5.82 Å². The van der Waals surface area contributed by atoms with Crippen molar-refractivity contribution in [1.82, 2.24) is 9.88 Å². The van der Waals surface area contributed by atoms with E-state index in [2.05, 4.69) is 10.3 Å². The van der Waals surface area contributed by atoms with Gasteiger partial charge in [-0.3, -0.25) is 4.79 Å². The maximum Gasteiger partial charge on any atom is 0.257 e. The van der Waals surface area contributed by atoms with Crippen molar-refractivity contribution in [2.24, 2.45) is 5.92 Å². The Morgan fingerprint density at radius 3 is 2.95 bits per heavy atom. The number of hydrogen-bond acceptors (Lipinski definition) is 4. The number of aromatic nitrogens is 1. The van der Waals surface area contributed by atoms with Gasteiger partial charge in [-0.15, -0.1) is 0 Å². The van der Waals surface area contributed by atoms with Gasteiger partial charge in [0.05, 0.1) is 5.56 Å². The highest BCUT2D eigenvalue weighted by atomic mass is 16.5. The molecule has 1 aromatic heterocycles. The maximum atomic E-state index is 12.5. The van der Waals surface area contributed by atoms with Crippen molar-refractivity contribution in [2.45, 2.75) is 19.8 Å². The van der Waals surface area contributed by atoms with Gasteiger partial charge in [0.15, 0.2) is 0 Å². The summed E-state index contributed by atoms with van der Waals surface area (Å²) in [6.45, 7) is 5.14. The molecule has 0 unspecified atom stereocenters. The SMILES string of the molecule is CCNc1ncccc1C(=O)N(C)CC1CCOCC1. The maximum absolute atomic E-state index is 12.5. The van der Waals surface area contributed by atoms with Crippen LogP contribution in [0.3, 0.4) is 0 Å². The number of pyridine rings is 1. The molecule has 2 heterocycles. The fourth-order valence-corrected chi connectivity index (χ4v) is 2.49. The lowest BCUT2D eigenvalue weighted by Crippen LogP contribution is -2.34. The number of hydrogen-bond donors (Lipinski definition) is 1. The van der Waals surface area contributed by atoms with Gasteiger partial charge in [-0.05, 0) is 37.8 Å². The van der Waals surface area contributed by atoms with E-state index in [0.717, 1.165) is 39.1 Å². The predicted octanol–water partition coefficient (Wildman–Crippen LogP) is 2.01. The van der Waals surface area contributed by atoms with Crippen molar-refractivity contribution in [3.8, 4) is 0 Å². The largest absolute Gasteiger partial charge is 0.381 e. The standard InChI is InChI=1S/C15H23N3O2/c1-3-16-14-13(5-4-8-17-14)15(19)18(2)11-12-6-9-20-10-7-12/h4-5,8,12H,3,6-7,9-11H2,1-2H3,(H,16,17). The normalized spacial score (nSPS) is 15.9. The molecule has 1 N–H and O–H groups in total. The van der Waals surface area contributed by atoms with Gasteiger partial charge in [0.2, 0.25) is 0 Å². The summed E-state index contributed by atoms with van der Waals surface area (Å²) in [7, 11) is 1.86. The van der Waals surface area contributed by atoms with E-state index in [-0.39, 0.29) is 5.91 Å². The average Bonchev–Trinajstić information content (AvgIpc) is 2.48. The molecule has 0 aliphatic carbocycles. The van der Waals surface area contributed by atoms with E-state index in [4.69, 9.17) is 4.74 Å². The molecule has 2 rings (SSSR count). The number of nitrogens with zero attached hydrogens (tertiary/aromatic N) is 2. The molecule has 1 aliphatic heterocycles. The summed E-state index contributed by atoms with van der Waals surface area (Å²) in [6.07, 6.45) is 3.77. The van der Waals surface area contributed by atoms with Crippen molar-refractivity contribution in [2.75, 3.05) is 38.7 Å². The molecule has 1 amide bonds.